The lowest BCUT2D eigenvalue weighted by Gasteiger charge is -1.97. The van der Waals surface area contributed by atoms with Crippen molar-refractivity contribution in [2.45, 2.75) is 5.51 Å². The first kappa shape index (κ1) is 13.6. The lowest BCUT2D eigenvalue weighted by atomic mass is 11.0. The van der Waals surface area contributed by atoms with Crippen LogP contribution >= 0.6 is 22.9 Å². The Kier molecular flexibility index (Phi) is 4.80. The van der Waals surface area contributed by atoms with Crippen LogP contribution in [0.25, 0.3) is 0 Å². The average molecular weight is 344 g/mol. The van der Waals surface area contributed by atoms with E-state index in [-0.39, 0.29) is 0 Å². The Hall–Kier alpha value is -0.360. The van der Waals surface area contributed by atoms with Crippen molar-refractivity contribution in [3.05, 3.63) is 18.7 Å². The minimum atomic E-state index is -5.84. The molecule has 10 heteroatoms. The molecule has 0 aliphatic rings. The predicted octanol–water partition coefficient (Wildman–Crippen LogP) is 1.48. The molecule has 0 atom stereocenters. The van der Waals surface area contributed by atoms with Gasteiger partial charge in [0.1, 0.15) is 6.33 Å². The summed E-state index contributed by atoms with van der Waals surface area (Å²) in [4.78, 5) is 3.78. The molecule has 0 aliphatic carbocycles. The van der Waals surface area contributed by atoms with E-state index in [1.165, 1.54) is 0 Å². The summed E-state index contributed by atoms with van der Waals surface area (Å²) in [6, 6.07) is 0. The fourth-order valence-corrected chi connectivity index (χ4v) is 0.531. The molecule has 1 N–H and O–H groups in total. The van der Waals surface area contributed by atoms with Crippen molar-refractivity contribution in [3.8, 4) is 0 Å². The molecule has 0 aromatic carbocycles. The Morgan fingerprint density at radius 3 is 1.93 bits per heavy atom. The van der Waals surface area contributed by atoms with Crippen LogP contribution in [0.15, 0.2) is 18.7 Å². The first-order chi connectivity index (χ1) is 6.14. The third-order valence-corrected chi connectivity index (χ3v) is 1.92. The Labute approximate surface area is 91.2 Å². The zero-order valence-corrected chi connectivity index (χ0v) is 9.28. The molecule has 0 saturated carbocycles. The summed E-state index contributed by atoms with van der Waals surface area (Å²) < 4.78 is 59.4. The summed E-state index contributed by atoms with van der Waals surface area (Å²) in [5.41, 5.74) is -5.53. The van der Waals surface area contributed by atoms with Crippen molar-refractivity contribution < 1.29 is 26.1 Å². The fraction of sp³-hybridized carbons (Fsp3) is 0.250. The van der Waals surface area contributed by atoms with E-state index in [4.69, 9.17) is 13.0 Å². The summed E-state index contributed by atoms with van der Waals surface area (Å²) in [7, 11) is -5.84. The Balaban J connectivity index is 0.000000249. The number of alkyl halides is 3. The highest BCUT2D eigenvalue weighted by atomic mass is 127. The van der Waals surface area contributed by atoms with E-state index in [1.807, 2.05) is 8.98 Å². The van der Waals surface area contributed by atoms with Crippen LogP contribution in [-0.4, -0.2) is 26.2 Å². The number of rotatable bonds is 0. The average Bonchev–Trinajstić information content (AvgIpc) is 2.35. The molecule has 1 rings (SSSR count). The molecule has 5 nitrogen and oxygen atoms in total. The van der Waals surface area contributed by atoms with Crippen LogP contribution in [0.3, 0.4) is 0 Å². The monoisotopic (exact) mass is 344 g/mol. The Morgan fingerprint density at radius 1 is 1.43 bits per heavy atom. The lowest BCUT2D eigenvalue weighted by Crippen LogP contribution is -2.21. The van der Waals surface area contributed by atoms with Crippen molar-refractivity contribution >= 4 is 33.0 Å². The minimum Gasteiger partial charge on any atom is -0.279 e. The first-order valence-corrected chi connectivity index (χ1v) is 5.23. The summed E-state index contributed by atoms with van der Waals surface area (Å²) in [5.74, 6) is 0. The van der Waals surface area contributed by atoms with Gasteiger partial charge in [-0.15, -0.1) is 0 Å². The molecule has 0 aliphatic heterocycles. The molecule has 14 heavy (non-hydrogen) atoms. The lowest BCUT2D eigenvalue weighted by molar-refractivity contribution is -0.0510. The number of nitrogens with zero attached hydrogens (tertiary/aromatic N) is 2. The number of imidazole rings is 1. The van der Waals surface area contributed by atoms with Crippen molar-refractivity contribution in [2.24, 2.45) is 0 Å². The highest BCUT2D eigenvalue weighted by molar-refractivity contribution is 14.1. The van der Waals surface area contributed by atoms with Crippen LogP contribution in [0.1, 0.15) is 0 Å². The van der Waals surface area contributed by atoms with Gasteiger partial charge in [-0.2, -0.15) is 21.6 Å². The van der Waals surface area contributed by atoms with Gasteiger partial charge in [-0.05, 0) is 0 Å². The molecular weight excluding hydrogens is 340 g/mol. The molecule has 0 saturated heterocycles. The second-order valence-corrected chi connectivity index (χ2v) is 4.35. The van der Waals surface area contributed by atoms with Crippen molar-refractivity contribution in [3.63, 3.8) is 0 Å². The smallest absolute Gasteiger partial charge is 0.279 e. The Bertz CT molecular complexity index is 360. The predicted molar refractivity (Wildman–Crippen MR) is 49.2 cm³/mol. The zero-order valence-electron chi connectivity index (χ0n) is 6.31. The molecule has 0 unspecified atom stereocenters. The second-order valence-electron chi connectivity index (χ2n) is 1.83. The molecule has 0 spiro atoms. The van der Waals surface area contributed by atoms with Gasteiger partial charge >= 0.3 is 15.6 Å². The maximum atomic E-state index is 10.7. The summed E-state index contributed by atoms with van der Waals surface area (Å²) in [5, 5.41) is 0. The maximum Gasteiger partial charge on any atom is 0.522 e. The minimum absolute atomic E-state index is 1.74. The van der Waals surface area contributed by atoms with Crippen molar-refractivity contribution in [1.29, 1.82) is 0 Å². The summed E-state index contributed by atoms with van der Waals surface area (Å²) >= 11 is 2.13. The van der Waals surface area contributed by atoms with Crippen LogP contribution in [-0.2, 0) is 10.1 Å². The van der Waals surface area contributed by atoms with Crippen LogP contribution in [0, 0.1) is 0 Å². The molecule has 0 amide bonds. The van der Waals surface area contributed by atoms with Gasteiger partial charge in [0.25, 0.3) is 0 Å². The van der Waals surface area contributed by atoms with Gasteiger partial charge < -0.3 is 0 Å². The van der Waals surface area contributed by atoms with E-state index >= 15 is 0 Å². The fourth-order valence-electron chi connectivity index (χ4n) is 0.243. The molecule has 0 bridgehead atoms. The van der Waals surface area contributed by atoms with Gasteiger partial charge in [-0.1, -0.05) is 0 Å². The van der Waals surface area contributed by atoms with E-state index in [2.05, 4.69) is 27.8 Å². The number of aromatic nitrogens is 2. The van der Waals surface area contributed by atoms with Gasteiger partial charge in [0.15, 0.2) is 0 Å². The van der Waals surface area contributed by atoms with Gasteiger partial charge in [0, 0.05) is 12.4 Å². The van der Waals surface area contributed by atoms with Gasteiger partial charge in [0.05, 0.1) is 22.9 Å². The third kappa shape index (κ3) is 5.39. The van der Waals surface area contributed by atoms with Crippen LogP contribution in [0.4, 0.5) is 13.2 Å². The standard InChI is InChI=1S/C3H3IN2.CHF3O3S/c4-6-2-1-5-3-6;2-1(3,4)8(5,6)7/h1-3H;(H,5,6,7). The number of halogens is 4. The molecule has 1 aromatic rings. The highest BCUT2D eigenvalue weighted by Crippen LogP contribution is 2.20. The molecule has 0 fully saturated rings. The second kappa shape index (κ2) is 4.93. The van der Waals surface area contributed by atoms with E-state index in [0.717, 1.165) is 0 Å². The van der Waals surface area contributed by atoms with Gasteiger partial charge in [0.2, 0.25) is 0 Å². The maximum absolute atomic E-state index is 10.7. The zero-order chi connectivity index (χ0) is 11.4. The molecule has 1 heterocycles. The largest absolute Gasteiger partial charge is 0.522 e. The quantitative estimate of drug-likeness (QED) is 0.440. The van der Waals surface area contributed by atoms with Gasteiger partial charge in [-0.3, -0.25) is 7.33 Å². The number of hydrogen-bond acceptors (Lipinski definition) is 3. The number of hydrogen-bond donors (Lipinski definition) is 1. The van der Waals surface area contributed by atoms with Crippen LogP contribution in [0.5, 0.6) is 0 Å². The molecule has 0 radical (unpaired) electrons. The van der Waals surface area contributed by atoms with E-state index in [1.54, 1.807) is 12.5 Å². The van der Waals surface area contributed by atoms with Crippen molar-refractivity contribution in [1.82, 2.24) is 7.76 Å². The van der Waals surface area contributed by atoms with E-state index < -0.39 is 15.6 Å². The van der Waals surface area contributed by atoms with Crippen molar-refractivity contribution in [2.75, 3.05) is 0 Å². The van der Waals surface area contributed by atoms with Crippen LogP contribution < -0.4 is 0 Å². The topological polar surface area (TPSA) is 72.2 Å². The first-order valence-electron chi connectivity index (χ1n) is 2.82. The van der Waals surface area contributed by atoms with E-state index in [9.17, 15) is 13.2 Å². The summed E-state index contributed by atoms with van der Waals surface area (Å²) in [6.45, 7) is 0. The van der Waals surface area contributed by atoms with Crippen LogP contribution in [0.2, 0.25) is 0 Å². The Morgan fingerprint density at radius 2 is 1.86 bits per heavy atom. The summed E-state index contributed by atoms with van der Waals surface area (Å²) in [6.07, 6.45) is 5.35. The molecular formula is C4H4F3IN2O3S. The normalized spacial score (nSPS) is 11.8. The van der Waals surface area contributed by atoms with E-state index in [0.29, 0.717) is 0 Å². The van der Waals surface area contributed by atoms with Gasteiger partial charge in [-0.25, -0.2) is 4.98 Å². The third-order valence-electron chi connectivity index (χ3n) is 0.765. The molecule has 1 aromatic heterocycles. The SMILES string of the molecule is In1ccnc1.O=S(=O)(O)C(F)(F)F. The highest BCUT2D eigenvalue weighted by Gasteiger charge is 2.44. The molecule has 82 valence electrons.